The Bertz CT molecular complexity index is 3420. The van der Waals surface area contributed by atoms with E-state index in [-0.39, 0.29) is 0 Å². The van der Waals surface area contributed by atoms with Gasteiger partial charge >= 0.3 is 0 Å². The fraction of sp³-hybridized carbons (Fsp3) is 0.0169. The summed E-state index contributed by atoms with van der Waals surface area (Å²) in [5, 5.41) is 2.24. The van der Waals surface area contributed by atoms with E-state index in [1.807, 2.05) is 30.3 Å². The maximum absolute atomic E-state index is 6.52. The van der Waals surface area contributed by atoms with Gasteiger partial charge in [0.2, 0.25) is 0 Å². The molecule has 0 fully saturated rings. The number of fused-ring (bicyclic) bond motifs is 6. The zero-order valence-corrected chi connectivity index (χ0v) is 33.7. The van der Waals surface area contributed by atoms with E-state index in [1.54, 1.807) is 0 Å². The number of hydrogen-bond acceptors (Lipinski definition) is 3. The molecule has 1 aliphatic rings. The van der Waals surface area contributed by atoms with Gasteiger partial charge in [-0.2, -0.15) is 0 Å². The Kier molecular flexibility index (Phi) is 8.39. The minimum absolute atomic E-state index is 0.517. The molecular formula is C59H38N2O. The van der Waals surface area contributed by atoms with Crippen molar-refractivity contribution in [1.82, 2.24) is 9.97 Å². The van der Waals surface area contributed by atoms with Crippen LogP contribution in [0.2, 0.25) is 0 Å². The molecule has 0 saturated carbocycles. The first kappa shape index (κ1) is 35.8. The normalized spacial score (nSPS) is 12.6. The number of hydrogen-bond donors (Lipinski definition) is 0. The lowest BCUT2D eigenvalue weighted by Crippen LogP contribution is -2.28. The van der Waals surface area contributed by atoms with Crippen molar-refractivity contribution in [3.05, 3.63) is 253 Å². The maximum atomic E-state index is 6.52. The predicted octanol–water partition coefficient (Wildman–Crippen LogP) is 15.1. The predicted molar refractivity (Wildman–Crippen MR) is 254 cm³/mol. The molecule has 0 saturated heterocycles. The molecule has 290 valence electrons. The zero-order chi connectivity index (χ0) is 41.0. The zero-order valence-electron chi connectivity index (χ0n) is 33.7. The van der Waals surface area contributed by atoms with Crippen molar-refractivity contribution in [2.24, 2.45) is 0 Å². The van der Waals surface area contributed by atoms with Crippen LogP contribution in [0.5, 0.6) is 0 Å². The molecule has 0 unspecified atom stereocenters. The summed E-state index contributed by atoms with van der Waals surface area (Å²) in [6, 6.07) is 82.2. The average molecular weight is 791 g/mol. The van der Waals surface area contributed by atoms with Gasteiger partial charge in [-0.15, -0.1) is 0 Å². The lowest BCUT2D eigenvalue weighted by Gasteiger charge is -2.34. The van der Waals surface area contributed by atoms with Crippen LogP contribution in [0.15, 0.2) is 235 Å². The second-order valence-corrected chi connectivity index (χ2v) is 16.0. The Labute approximate surface area is 360 Å². The monoisotopic (exact) mass is 790 g/mol. The summed E-state index contributed by atoms with van der Waals surface area (Å²) in [6.07, 6.45) is 0. The van der Waals surface area contributed by atoms with Crippen LogP contribution in [0.25, 0.3) is 89.2 Å². The first-order chi connectivity index (χ1) is 30.7. The molecule has 1 aliphatic carbocycles. The van der Waals surface area contributed by atoms with Gasteiger partial charge in [-0.25, -0.2) is 9.97 Å². The van der Waals surface area contributed by atoms with Gasteiger partial charge in [-0.05, 0) is 74.3 Å². The lowest BCUT2D eigenvalue weighted by atomic mass is 9.67. The topological polar surface area (TPSA) is 38.9 Å². The Balaban J connectivity index is 1.03. The molecule has 0 spiro atoms. The summed E-state index contributed by atoms with van der Waals surface area (Å²) >= 11 is 0. The first-order valence-electron chi connectivity index (χ1n) is 21.1. The number of furan rings is 1. The van der Waals surface area contributed by atoms with E-state index in [9.17, 15) is 0 Å². The molecule has 3 heteroatoms. The van der Waals surface area contributed by atoms with Crippen LogP contribution in [0.4, 0.5) is 0 Å². The van der Waals surface area contributed by atoms with E-state index in [2.05, 4.69) is 200 Å². The van der Waals surface area contributed by atoms with Gasteiger partial charge in [0.05, 0.1) is 16.8 Å². The molecular weight excluding hydrogens is 753 g/mol. The van der Waals surface area contributed by atoms with Crippen molar-refractivity contribution >= 4 is 21.9 Å². The van der Waals surface area contributed by atoms with E-state index in [0.29, 0.717) is 5.82 Å². The number of para-hydroxylation sites is 2. The van der Waals surface area contributed by atoms with Gasteiger partial charge < -0.3 is 4.42 Å². The highest BCUT2D eigenvalue weighted by molar-refractivity contribution is 6.10. The molecule has 0 amide bonds. The third kappa shape index (κ3) is 5.67. The quantitative estimate of drug-likeness (QED) is 0.161. The fourth-order valence-electron chi connectivity index (χ4n) is 9.84. The van der Waals surface area contributed by atoms with Crippen LogP contribution >= 0.6 is 0 Å². The Morgan fingerprint density at radius 3 is 1.61 bits per heavy atom. The summed E-state index contributed by atoms with van der Waals surface area (Å²) in [7, 11) is 0. The van der Waals surface area contributed by atoms with Gasteiger partial charge in [0.1, 0.15) is 11.2 Å². The van der Waals surface area contributed by atoms with Crippen LogP contribution < -0.4 is 0 Å². The first-order valence-corrected chi connectivity index (χ1v) is 21.1. The highest BCUT2D eigenvalue weighted by Gasteiger charge is 2.46. The molecule has 11 aromatic rings. The van der Waals surface area contributed by atoms with E-state index in [1.165, 1.54) is 33.4 Å². The summed E-state index contributed by atoms with van der Waals surface area (Å²) in [4.78, 5) is 10.6. The smallest absolute Gasteiger partial charge is 0.160 e. The van der Waals surface area contributed by atoms with Crippen molar-refractivity contribution in [3.63, 3.8) is 0 Å². The standard InChI is InChI=1S/C59H38N2O/c1-4-18-39(19-5-1)58-60-54(41-21-16-20-40(36-41)45-26-10-11-27-46(45)50-30-17-31-51-49-29-13-15-33-56(49)62-57(50)51)38-55(61-58)42-34-35-48-47-28-12-14-32-52(47)59(53(48)37-42,43-22-6-2-7-23-43)44-24-8-3-9-25-44/h1-38H. The molecule has 12 rings (SSSR count). The molecule has 0 aliphatic heterocycles. The van der Waals surface area contributed by atoms with Crippen molar-refractivity contribution in [2.45, 2.75) is 5.41 Å². The van der Waals surface area contributed by atoms with Crippen LogP contribution in [-0.4, -0.2) is 9.97 Å². The summed E-state index contributed by atoms with van der Waals surface area (Å²) in [5.41, 5.74) is 17.9. The Hall–Kier alpha value is -8.14. The molecule has 2 heterocycles. The number of benzene rings is 9. The van der Waals surface area contributed by atoms with Gasteiger partial charge in [-0.1, -0.05) is 206 Å². The van der Waals surface area contributed by atoms with Crippen molar-refractivity contribution < 1.29 is 4.42 Å². The molecule has 0 radical (unpaired) electrons. The van der Waals surface area contributed by atoms with Gasteiger partial charge in [0.15, 0.2) is 5.82 Å². The minimum Gasteiger partial charge on any atom is -0.455 e. The van der Waals surface area contributed by atoms with E-state index < -0.39 is 5.41 Å². The molecule has 9 aromatic carbocycles. The number of nitrogens with zero attached hydrogens (tertiary/aromatic N) is 2. The van der Waals surface area contributed by atoms with E-state index >= 15 is 0 Å². The number of rotatable bonds is 7. The summed E-state index contributed by atoms with van der Waals surface area (Å²) in [6.45, 7) is 0. The lowest BCUT2D eigenvalue weighted by molar-refractivity contribution is 0.670. The van der Waals surface area contributed by atoms with Gasteiger partial charge in [0, 0.05) is 33.0 Å². The van der Waals surface area contributed by atoms with Gasteiger partial charge in [0.25, 0.3) is 0 Å². The van der Waals surface area contributed by atoms with Crippen molar-refractivity contribution in [2.75, 3.05) is 0 Å². The molecule has 62 heavy (non-hydrogen) atoms. The molecule has 3 nitrogen and oxygen atoms in total. The maximum Gasteiger partial charge on any atom is 0.160 e. The second-order valence-electron chi connectivity index (χ2n) is 16.0. The Morgan fingerprint density at radius 2 is 0.855 bits per heavy atom. The largest absolute Gasteiger partial charge is 0.455 e. The summed E-state index contributed by atoms with van der Waals surface area (Å²) in [5.74, 6) is 0.682. The SMILES string of the molecule is c1ccc(-c2nc(-c3cccc(-c4ccccc4-c4cccc5c4oc4ccccc45)c3)cc(-c3ccc4c(c3)C(c3ccccc3)(c3ccccc3)c3ccccc3-4)n2)cc1. The Morgan fingerprint density at radius 1 is 0.323 bits per heavy atom. The number of aromatic nitrogens is 2. The average Bonchev–Trinajstić information content (AvgIpc) is 3.89. The highest BCUT2D eigenvalue weighted by atomic mass is 16.3. The molecule has 0 N–H and O–H groups in total. The van der Waals surface area contributed by atoms with E-state index in [4.69, 9.17) is 14.4 Å². The molecule has 0 atom stereocenters. The van der Waals surface area contributed by atoms with Crippen molar-refractivity contribution in [1.29, 1.82) is 0 Å². The minimum atomic E-state index is -0.517. The van der Waals surface area contributed by atoms with E-state index in [0.717, 1.165) is 72.3 Å². The molecule has 0 bridgehead atoms. The second kappa shape index (κ2) is 14.5. The summed E-state index contributed by atoms with van der Waals surface area (Å²) < 4.78 is 6.52. The van der Waals surface area contributed by atoms with Crippen LogP contribution in [0, 0.1) is 0 Å². The third-order valence-corrected chi connectivity index (χ3v) is 12.6. The third-order valence-electron chi connectivity index (χ3n) is 12.6. The van der Waals surface area contributed by atoms with Crippen LogP contribution in [0.1, 0.15) is 22.3 Å². The van der Waals surface area contributed by atoms with Crippen LogP contribution in [0.3, 0.4) is 0 Å². The van der Waals surface area contributed by atoms with Crippen LogP contribution in [-0.2, 0) is 5.41 Å². The van der Waals surface area contributed by atoms with Gasteiger partial charge in [-0.3, -0.25) is 0 Å². The highest BCUT2D eigenvalue weighted by Crippen LogP contribution is 2.56. The fourth-order valence-corrected chi connectivity index (χ4v) is 9.84. The van der Waals surface area contributed by atoms with Crippen molar-refractivity contribution in [3.8, 4) is 67.3 Å². The molecule has 2 aromatic heterocycles.